The zero-order valence-corrected chi connectivity index (χ0v) is 17.0. The minimum Gasteiger partial charge on any atom is -0.497 e. The van der Waals surface area contributed by atoms with Gasteiger partial charge >= 0.3 is 0 Å². The van der Waals surface area contributed by atoms with Crippen molar-refractivity contribution in [2.75, 3.05) is 18.2 Å². The molecule has 1 amide bonds. The van der Waals surface area contributed by atoms with Gasteiger partial charge in [0.2, 0.25) is 5.91 Å². The van der Waals surface area contributed by atoms with E-state index in [1.54, 1.807) is 25.7 Å². The maximum Gasteiger partial charge on any atom is 0.236 e. The molecule has 4 aromatic rings. The average molecular weight is 425 g/mol. The van der Waals surface area contributed by atoms with Crippen molar-refractivity contribution in [1.82, 2.24) is 24.7 Å². The Balaban J connectivity index is 1.62. The summed E-state index contributed by atoms with van der Waals surface area (Å²) in [5.41, 5.74) is 1.74. The number of pyridine rings is 1. The van der Waals surface area contributed by atoms with Crippen LogP contribution in [0.15, 0.2) is 65.5 Å². The quantitative estimate of drug-likeness (QED) is 0.454. The molecule has 0 radical (unpaired) electrons. The zero-order chi connectivity index (χ0) is 20.1. The van der Waals surface area contributed by atoms with Crippen LogP contribution >= 0.6 is 23.1 Å². The second-order valence-corrected chi connectivity index (χ2v) is 7.59. The van der Waals surface area contributed by atoms with Crippen LogP contribution in [0, 0.1) is 0 Å². The lowest BCUT2D eigenvalue weighted by Crippen LogP contribution is -2.14. The van der Waals surface area contributed by atoms with Gasteiger partial charge in [0.05, 0.1) is 12.9 Å². The lowest BCUT2D eigenvalue weighted by molar-refractivity contribution is -0.113. The van der Waals surface area contributed by atoms with Crippen LogP contribution in [0.25, 0.3) is 17.1 Å². The highest BCUT2D eigenvalue weighted by atomic mass is 32.2. The maximum absolute atomic E-state index is 12.2. The van der Waals surface area contributed by atoms with Gasteiger partial charge in [0.15, 0.2) is 16.1 Å². The van der Waals surface area contributed by atoms with Crippen molar-refractivity contribution in [3.63, 3.8) is 0 Å². The zero-order valence-electron chi connectivity index (χ0n) is 15.3. The standard InChI is InChI=1S/C19H16N6O2S2/c1-27-15-4-2-14(3-5-15)25-17(13-6-8-20-9-7-13)23-24-19(25)29-12-16(26)22-18-21-10-11-28-18/h2-11H,12H2,1H3,(H,21,22,26). The van der Waals surface area contributed by atoms with E-state index in [0.29, 0.717) is 16.1 Å². The predicted octanol–water partition coefficient (Wildman–Crippen LogP) is 3.53. The Morgan fingerprint density at radius 3 is 2.62 bits per heavy atom. The summed E-state index contributed by atoms with van der Waals surface area (Å²) in [6, 6.07) is 11.3. The van der Waals surface area contributed by atoms with Crippen molar-refractivity contribution in [3.05, 3.63) is 60.4 Å². The number of ether oxygens (including phenoxy) is 1. The summed E-state index contributed by atoms with van der Waals surface area (Å²) in [4.78, 5) is 20.4. The van der Waals surface area contributed by atoms with E-state index < -0.39 is 0 Å². The highest BCUT2D eigenvalue weighted by molar-refractivity contribution is 7.99. The largest absolute Gasteiger partial charge is 0.497 e. The monoisotopic (exact) mass is 424 g/mol. The second-order valence-electron chi connectivity index (χ2n) is 5.75. The fourth-order valence-corrected chi connectivity index (χ4v) is 3.88. The first-order chi connectivity index (χ1) is 14.2. The van der Waals surface area contributed by atoms with Crippen LogP contribution in [0.2, 0.25) is 0 Å². The molecule has 0 aliphatic carbocycles. The van der Waals surface area contributed by atoms with E-state index in [9.17, 15) is 4.79 Å². The molecule has 29 heavy (non-hydrogen) atoms. The van der Waals surface area contributed by atoms with Gasteiger partial charge in [0.25, 0.3) is 0 Å². The summed E-state index contributed by atoms with van der Waals surface area (Å²) in [7, 11) is 1.62. The molecule has 4 rings (SSSR count). The highest BCUT2D eigenvalue weighted by Crippen LogP contribution is 2.28. The molecule has 1 aromatic carbocycles. The van der Waals surface area contributed by atoms with E-state index in [-0.39, 0.29) is 11.7 Å². The minimum atomic E-state index is -0.153. The number of nitrogens with zero attached hydrogens (tertiary/aromatic N) is 5. The first-order valence-corrected chi connectivity index (χ1v) is 10.4. The summed E-state index contributed by atoms with van der Waals surface area (Å²) in [5, 5.41) is 14.4. The van der Waals surface area contributed by atoms with Crippen LogP contribution in [0.1, 0.15) is 0 Å². The number of thiazole rings is 1. The molecule has 0 aliphatic heterocycles. The van der Waals surface area contributed by atoms with Crippen molar-refractivity contribution in [2.24, 2.45) is 0 Å². The van der Waals surface area contributed by atoms with Crippen molar-refractivity contribution in [2.45, 2.75) is 5.16 Å². The van der Waals surface area contributed by atoms with E-state index in [2.05, 4.69) is 25.5 Å². The molecule has 3 aromatic heterocycles. The molecule has 0 saturated heterocycles. The minimum absolute atomic E-state index is 0.153. The summed E-state index contributed by atoms with van der Waals surface area (Å²) >= 11 is 2.68. The molecule has 0 spiro atoms. The smallest absolute Gasteiger partial charge is 0.236 e. The molecule has 0 aliphatic rings. The number of carbonyl (C=O) groups excluding carboxylic acids is 1. The fourth-order valence-electron chi connectivity index (χ4n) is 2.59. The second kappa shape index (κ2) is 8.84. The number of aromatic nitrogens is 5. The lowest BCUT2D eigenvalue weighted by Gasteiger charge is -2.11. The van der Waals surface area contributed by atoms with Gasteiger partial charge in [-0.25, -0.2) is 4.98 Å². The van der Waals surface area contributed by atoms with Gasteiger partial charge in [-0.2, -0.15) is 0 Å². The Kier molecular flexibility index (Phi) is 5.82. The molecule has 1 N–H and O–H groups in total. The summed E-state index contributed by atoms with van der Waals surface area (Å²) in [5.74, 6) is 1.45. The average Bonchev–Trinajstić information content (AvgIpc) is 3.43. The van der Waals surface area contributed by atoms with E-state index in [1.807, 2.05) is 46.3 Å². The summed E-state index contributed by atoms with van der Waals surface area (Å²) in [6.07, 6.45) is 5.06. The number of nitrogens with one attached hydrogen (secondary N) is 1. The van der Waals surface area contributed by atoms with Crippen LogP contribution in [0.3, 0.4) is 0 Å². The summed E-state index contributed by atoms with van der Waals surface area (Å²) < 4.78 is 7.16. The molecule has 0 fully saturated rings. The van der Waals surface area contributed by atoms with Gasteiger partial charge in [-0.05, 0) is 36.4 Å². The Bertz CT molecular complexity index is 1080. The van der Waals surface area contributed by atoms with Crippen molar-refractivity contribution in [1.29, 1.82) is 0 Å². The van der Waals surface area contributed by atoms with Crippen LogP contribution in [-0.4, -0.2) is 43.5 Å². The lowest BCUT2D eigenvalue weighted by atomic mass is 10.2. The van der Waals surface area contributed by atoms with Crippen LogP contribution in [0.4, 0.5) is 5.13 Å². The third-order valence-electron chi connectivity index (χ3n) is 3.91. The highest BCUT2D eigenvalue weighted by Gasteiger charge is 2.17. The van der Waals surface area contributed by atoms with E-state index in [0.717, 1.165) is 17.0 Å². The van der Waals surface area contributed by atoms with E-state index in [4.69, 9.17) is 4.74 Å². The number of rotatable bonds is 7. The number of thioether (sulfide) groups is 1. The third-order valence-corrected chi connectivity index (χ3v) is 5.53. The first-order valence-electron chi connectivity index (χ1n) is 8.57. The molecule has 0 atom stereocenters. The molecular formula is C19H16N6O2S2. The Labute approximate surface area is 175 Å². The maximum atomic E-state index is 12.2. The number of hydrogen-bond donors (Lipinski definition) is 1. The van der Waals surface area contributed by atoms with Crippen LogP contribution < -0.4 is 10.1 Å². The normalized spacial score (nSPS) is 10.7. The number of amides is 1. The number of carbonyl (C=O) groups is 1. The van der Waals surface area contributed by atoms with Gasteiger partial charge in [-0.1, -0.05) is 11.8 Å². The van der Waals surface area contributed by atoms with E-state index >= 15 is 0 Å². The molecule has 0 unspecified atom stereocenters. The topological polar surface area (TPSA) is 94.8 Å². The van der Waals surface area contributed by atoms with Gasteiger partial charge in [-0.3, -0.25) is 14.3 Å². The van der Waals surface area contributed by atoms with Gasteiger partial charge in [-0.15, -0.1) is 21.5 Å². The molecule has 10 heteroatoms. The van der Waals surface area contributed by atoms with Crippen molar-refractivity contribution >= 4 is 34.1 Å². The SMILES string of the molecule is COc1ccc(-n2c(SCC(=O)Nc3nccs3)nnc2-c2ccncc2)cc1. The van der Waals surface area contributed by atoms with Crippen LogP contribution in [0.5, 0.6) is 5.75 Å². The molecule has 146 valence electrons. The number of hydrogen-bond acceptors (Lipinski definition) is 8. The van der Waals surface area contributed by atoms with E-state index in [1.165, 1.54) is 23.1 Å². The Morgan fingerprint density at radius 1 is 1.14 bits per heavy atom. The molecule has 3 heterocycles. The van der Waals surface area contributed by atoms with Crippen LogP contribution in [-0.2, 0) is 4.79 Å². The fraction of sp³-hybridized carbons (Fsp3) is 0.105. The Morgan fingerprint density at radius 2 is 1.93 bits per heavy atom. The molecule has 8 nitrogen and oxygen atoms in total. The van der Waals surface area contributed by atoms with Gasteiger partial charge in [0.1, 0.15) is 5.75 Å². The summed E-state index contributed by atoms with van der Waals surface area (Å²) in [6.45, 7) is 0. The third kappa shape index (κ3) is 4.44. The first kappa shape index (κ1) is 19.1. The van der Waals surface area contributed by atoms with Crippen molar-refractivity contribution in [3.8, 4) is 22.8 Å². The van der Waals surface area contributed by atoms with Crippen molar-refractivity contribution < 1.29 is 9.53 Å². The number of benzene rings is 1. The number of methoxy groups -OCH3 is 1. The predicted molar refractivity (Wildman–Crippen MR) is 113 cm³/mol. The number of anilines is 1. The molecule has 0 saturated carbocycles. The molecular weight excluding hydrogens is 408 g/mol. The molecule has 0 bridgehead atoms. The van der Waals surface area contributed by atoms with Gasteiger partial charge in [0, 0.05) is 35.2 Å². The van der Waals surface area contributed by atoms with Gasteiger partial charge < -0.3 is 10.1 Å². The Hall–Kier alpha value is -3.24.